The molecule has 0 fully saturated rings. The molecule has 0 amide bonds. The van der Waals surface area contributed by atoms with Crippen molar-refractivity contribution in [3.05, 3.63) is 89.2 Å². The Labute approximate surface area is 163 Å². The normalized spacial score (nSPS) is 11.1. The lowest BCUT2D eigenvalue weighted by Gasteiger charge is -2.05. The fraction of sp³-hybridized carbons (Fsp3) is 0.0500. The summed E-state index contributed by atoms with van der Waals surface area (Å²) in [5.74, 6) is 0.295. The first-order valence-electron chi connectivity index (χ1n) is 7.88. The molecule has 0 saturated heterocycles. The number of phenols is 1. The van der Waals surface area contributed by atoms with Gasteiger partial charge in [0.2, 0.25) is 0 Å². The van der Waals surface area contributed by atoms with Crippen molar-refractivity contribution in [2.45, 2.75) is 4.90 Å². The Morgan fingerprint density at radius 2 is 1.37 bits per heavy atom. The molecule has 5 nitrogen and oxygen atoms in total. The zero-order valence-corrected chi connectivity index (χ0v) is 16.1. The predicted molar refractivity (Wildman–Crippen MR) is 104 cm³/mol. The van der Waals surface area contributed by atoms with Gasteiger partial charge in [-0.3, -0.25) is 0 Å². The van der Waals surface area contributed by atoms with E-state index in [1.807, 2.05) is 48.3 Å². The Kier molecular flexibility index (Phi) is 7.12. The zero-order valence-electron chi connectivity index (χ0n) is 14.5. The van der Waals surface area contributed by atoms with E-state index in [2.05, 4.69) is 12.1 Å². The van der Waals surface area contributed by atoms with Gasteiger partial charge in [-0.2, -0.15) is 0 Å². The number of hydrogen-bond donors (Lipinski definition) is 1. The number of phenolic OH excluding ortho intramolecular Hbond substituents is 1. The van der Waals surface area contributed by atoms with Crippen LogP contribution in [0, 0.1) is 0 Å². The van der Waals surface area contributed by atoms with Crippen LogP contribution in [-0.2, 0) is 17.2 Å². The van der Waals surface area contributed by atoms with E-state index in [0.717, 1.165) is 11.1 Å². The van der Waals surface area contributed by atoms with E-state index in [0.29, 0.717) is 10.8 Å². The highest BCUT2D eigenvalue weighted by molar-refractivity contribution is 7.85. The number of aromatic nitrogens is 1. The molecule has 1 N–H and O–H groups in total. The highest BCUT2D eigenvalue weighted by Crippen LogP contribution is 2.13. The minimum atomic E-state index is -4.33. The summed E-state index contributed by atoms with van der Waals surface area (Å²) in [6.45, 7) is 0. The van der Waals surface area contributed by atoms with Crippen LogP contribution in [0.15, 0.2) is 78.0 Å². The third kappa shape index (κ3) is 7.22. The van der Waals surface area contributed by atoms with E-state index in [1.165, 1.54) is 24.3 Å². The average molecular weight is 404 g/mol. The number of aromatic hydroxyl groups is 1. The Hall–Kier alpha value is -2.67. The molecule has 1 heterocycles. The molecule has 0 aliphatic carbocycles. The van der Waals surface area contributed by atoms with E-state index in [4.69, 9.17) is 16.7 Å². The smallest absolute Gasteiger partial charge is 0.169 e. The van der Waals surface area contributed by atoms with Gasteiger partial charge in [0.15, 0.2) is 12.4 Å². The predicted octanol–water partition coefficient (Wildman–Crippen LogP) is 3.63. The largest absolute Gasteiger partial charge is 0.744 e. The second kappa shape index (κ2) is 9.32. The molecular weight excluding hydrogens is 386 g/mol. The summed E-state index contributed by atoms with van der Waals surface area (Å²) in [6, 6.07) is 16.3. The van der Waals surface area contributed by atoms with Crippen molar-refractivity contribution in [2.75, 3.05) is 0 Å². The second-order valence-corrected chi connectivity index (χ2v) is 7.45. The van der Waals surface area contributed by atoms with Crippen LogP contribution in [0.2, 0.25) is 5.02 Å². The van der Waals surface area contributed by atoms with Crippen LogP contribution in [-0.4, -0.2) is 18.1 Å². The quantitative estimate of drug-likeness (QED) is 0.534. The summed E-state index contributed by atoms with van der Waals surface area (Å²) in [5, 5.41) is 9.55. The van der Waals surface area contributed by atoms with Crippen molar-refractivity contribution in [1.29, 1.82) is 0 Å². The molecule has 1 aromatic heterocycles. The standard InChI is InChI=1S/C14H13NO.C6H5ClO3S/c1-15-10-8-13(9-11-15)3-2-12-4-6-14(16)7-5-12;7-5-1-3-6(4-2-5)11(8,9)10/h2-11H,1H3;1-4H,(H,8,9,10). The van der Waals surface area contributed by atoms with Gasteiger partial charge >= 0.3 is 0 Å². The summed E-state index contributed by atoms with van der Waals surface area (Å²) in [5.41, 5.74) is 2.23. The molecule has 2 aromatic carbocycles. The van der Waals surface area contributed by atoms with Crippen LogP contribution in [0.25, 0.3) is 12.2 Å². The molecule has 0 atom stereocenters. The summed E-state index contributed by atoms with van der Waals surface area (Å²) in [6.07, 6.45) is 8.09. The van der Waals surface area contributed by atoms with Crippen molar-refractivity contribution in [3.63, 3.8) is 0 Å². The fourth-order valence-corrected chi connectivity index (χ4v) is 2.60. The van der Waals surface area contributed by atoms with Gasteiger partial charge in [0.05, 0.1) is 4.90 Å². The van der Waals surface area contributed by atoms with Crippen LogP contribution >= 0.6 is 11.6 Å². The first-order chi connectivity index (χ1) is 12.7. The van der Waals surface area contributed by atoms with E-state index in [-0.39, 0.29) is 4.90 Å². The molecular formula is C20H18ClNO4S. The van der Waals surface area contributed by atoms with E-state index in [1.54, 1.807) is 12.1 Å². The molecule has 0 saturated carbocycles. The summed E-state index contributed by atoms with van der Waals surface area (Å²) in [7, 11) is -2.33. The molecule has 0 aliphatic heterocycles. The van der Waals surface area contributed by atoms with Crippen molar-refractivity contribution in [2.24, 2.45) is 7.05 Å². The highest BCUT2D eigenvalue weighted by atomic mass is 35.5. The minimum Gasteiger partial charge on any atom is -0.744 e. The van der Waals surface area contributed by atoms with E-state index >= 15 is 0 Å². The maximum Gasteiger partial charge on any atom is 0.169 e. The Balaban J connectivity index is 0.000000208. The maximum atomic E-state index is 10.3. The molecule has 7 heteroatoms. The number of pyridine rings is 1. The van der Waals surface area contributed by atoms with Gasteiger partial charge in [0, 0.05) is 17.2 Å². The lowest BCUT2D eigenvalue weighted by molar-refractivity contribution is -0.671. The topological polar surface area (TPSA) is 81.3 Å². The van der Waals surface area contributed by atoms with Crippen molar-refractivity contribution >= 4 is 33.9 Å². The highest BCUT2D eigenvalue weighted by Gasteiger charge is 1.98. The number of hydrogen-bond acceptors (Lipinski definition) is 4. The number of halogens is 1. The first-order valence-corrected chi connectivity index (χ1v) is 9.66. The SMILES string of the molecule is C[n+]1ccc(C=Cc2ccc(O)cc2)cc1.O=S(=O)([O-])c1ccc(Cl)cc1. The lowest BCUT2D eigenvalue weighted by Crippen LogP contribution is -2.25. The molecule has 27 heavy (non-hydrogen) atoms. The maximum absolute atomic E-state index is 10.3. The first kappa shape index (κ1) is 20.6. The second-order valence-electron chi connectivity index (χ2n) is 5.63. The van der Waals surface area contributed by atoms with Crippen LogP contribution < -0.4 is 4.57 Å². The molecule has 0 aliphatic rings. The van der Waals surface area contributed by atoms with Gasteiger partial charge in [-0.1, -0.05) is 35.9 Å². The van der Waals surface area contributed by atoms with Crippen molar-refractivity contribution in [1.82, 2.24) is 0 Å². The lowest BCUT2D eigenvalue weighted by atomic mass is 10.1. The van der Waals surface area contributed by atoms with Crippen molar-refractivity contribution < 1.29 is 22.6 Å². The monoisotopic (exact) mass is 403 g/mol. The molecule has 3 rings (SSSR count). The van der Waals surface area contributed by atoms with Crippen LogP contribution in [0.1, 0.15) is 11.1 Å². The summed E-state index contributed by atoms with van der Waals surface area (Å²) < 4.78 is 33.0. The van der Waals surface area contributed by atoms with E-state index in [9.17, 15) is 13.0 Å². The zero-order chi connectivity index (χ0) is 19.9. The number of benzene rings is 2. The molecule has 0 unspecified atom stereocenters. The minimum absolute atomic E-state index is 0.262. The molecule has 0 radical (unpaired) electrons. The number of rotatable bonds is 3. The van der Waals surface area contributed by atoms with Crippen LogP contribution in [0.4, 0.5) is 0 Å². The number of aryl methyl sites for hydroxylation is 1. The summed E-state index contributed by atoms with van der Waals surface area (Å²) >= 11 is 5.46. The van der Waals surface area contributed by atoms with Gasteiger partial charge in [-0.25, -0.2) is 13.0 Å². The molecule has 0 bridgehead atoms. The van der Waals surface area contributed by atoms with Crippen LogP contribution in [0.5, 0.6) is 5.75 Å². The van der Waals surface area contributed by atoms with Gasteiger partial charge in [0.25, 0.3) is 0 Å². The number of nitrogens with zero attached hydrogens (tertiary/aromatic N) is 1. The van der Waals surface area contributed by atoms with Gasteiger partial charge in [0.1, 0.15) is 22.9 Å². The average Bonchev–Trinajstić information content (AvgIpc) is 2.63. The summed E-state index contributed by atoms with van der Waals surface area (Å²) in [4.78, 5) is -0.262. The van der Waals surface area contributed by atoms with Gasteiger partial charge in [-0.15, -0.1) is 0 Å². The Morgan fingerprint density at radius 3 is 1.85 bits per heavy atom. The Bertz CT molecular complexity index is 950. The van der Waals surface area contributed by atoms with Gasteiger partial charge < -0.3 is 9.66 Å². The molecule has 3 aromatic rings. The van der Waals surface area contributed by atoms with Crippen LogP contribution in [0.3, 0.4) is 0 Å². The third-order valence-electron chi connectivity index (χ3n) is 3.47. The molecule has 140 valence electrons. The Morgan fingerprint density at radius 1 is 0.889 bits per heavy atom. The molecule has 0 spiro atoms. The third-order valence-corrected chi connectivity index (χ3v) is 4.57. The fourth-order valence-electron chi connectivity index (χ4n) is 2.00. The van der Waals surface area contributed by atoms with E-state index < -0.39 is 10.1 Å². The van der Waals surface area contributed by atoms with Crippen molar-refractivity contribution in [3.8, 4) is 5.75 Å². The van der Waals surface area contributed by atoms with Gasteiger partial charge in [-0.05, 0) is 47.5 Å².